The van der Waals surface area contributed by atoms with E-state index in [2.05, 4.69) is 25.0 Å². The molecule has 0 aliphatic rings. The van der Waals surface area contributed by atoms with E-state index < -0.39 is 24.9 Å². The predicted octanol–water partition coefficient (Wildman–Crippen LogP) is 2.70. The first-order valence-electron chi connectivity index (χ1n) is 7.50. The monoisotopic (exact) mass is 372 g/mol. The van der Waals surface area contributed by atoms with Crippen molar-refractivity contribution in [2.45, 2.75) is 32.7 Å². The quantitative estimate of drug-likeness (QED) is 0.757. The minimum absolute atomic E-state index is 0.114. The number of ether oxygens (including phenoxy) is 1. The molecule has 26 heavy (non-hydrogen) atoms. The Kier molecular flexibility index (Phi) is 6.06. The fourth-order valence-corrected chi connectivity index (χ4v) is 1.95. The van der Waals surface area contributed by atoms with Crippen molar-refractivity contribution in [3.05, 3.63) is 47.2 Å². The van der Waals surface area contributed by atoms with E-state index in [9.17, 15) is 22.4 Å². The number of rotatable bonds is 7. The minimum Gasteiger partial charge on any atom is -0.471 e. The molecule has 0 saturated carbocycles. The lowest BCUT2D eigenvalue weighted by Gasteiger charge is -2.16. The van der Waals surface area contributed by atoms with Crippen molar-refractivity contribution >= 4 is 5.91 Å². The van der Waals surface area contributed by atoms with Crippen molar-refractivity contribution in [2.24, 2.45) is 0 Å². The molecule has 2 aromatic heterocycles. The summed E-state index contributed by atoms with van der Waals surface area (Å²) in [5.74, 6) is -4.84. The summed E-state index contributed by atoms with van der Waals surface area (Å²) in [4.78, 5) is 23.6. The van der Waals surface area contributed by atoms with Crippen LogP contribution in [0.4, 0.5) is 17.6 Å². The fourth-order valence-electron chi connectivity index (χ4n) is 1.95. The number of nitrogens with zero attached hydrogens (tertiary/aromatic N) is 3. The summed E-state index contributed by atoms with van der Waals surface area (Å²) in [5.41, 5.74) is 1.80. The van der Waals surface area contributed by atoms with E-state index in [0.29, 0.717) is 16.8 Å². The molecule has 0 unspecified atom stereocenters. The SMILES string of the molecule is Cc1cc(C(=O)NCc2cnc(OCC(F)(F)C(F)F)c(C)c2)ncn1. The number of hydrogen-bond acceptors (Lipinski definition) is 5. The smallest absolute Gasteiger partial charge is 0.340 e. The molecule has 0 fully saturated rings. The van der Waals surface area contributed by atoms with Crippen LogP contribution in [0.3, 0.4) is 0 Å². The second-order valence-corrected chi connectivity index (χ2v) is 5.54. The zero-order valence-electron chi connectivity index (χ0n) is 14.0. The van der Waals surface area contributed by atoms with E-state index in [1.54, 1.807) is 13.0 Å². The maximum Gasteiger partial charge on any atom is 0.340 e. The van der Waals surface area contributed by atoms with Crippen LogP contribution >= 0.6 is 0 Å². The van der Waals surface area contributed by atoms with E-state index in [0.717, 1.165) is 0 Å². The molecule has 0 atom stereocenters. The number of amides is 1. The highest BCUT2D eigenvalue weighted by molar-refractivity contribution is 5.92. The molecule has 2 aromatic rings. The predicted molar refractivity (Wildman–Crippen MR) is 83.4 cm³/mol. The second-order valence-electron chi connectivity index (χ2n) is 5.54. The number of carbonyl (C=O) groups excluding carboxylic acids is 1. The number of halogens is 4. The highest BCUT2D eigenvalue weighted by atomic mass is 19.3. The molecule has 0 aliphatic carbocycles. The topological polar surface area (TPSA) is 77.0 Å². The fraction of sp³-hybridized carbons (Fsp3) is 0.375. The highest BCUT2D eigenvalue weighted by Crippen LogP contribution is 2.25. The number of pyridine rings is 1. The van der Waals surface area contributed by atoms with Crippen molar-refractivity contribution in [2.75, 3.05) is 6.61 Å². The van der Waals surface area contributed by atoms with Gasteiger partial charge in [0.1, 0.15) is 12.0 Å². The van der Waals surface area contributed by atoms with Crippen molar-refractivity contribution in [1.29, 1.82) is 0 Å². The Hall–Kier alpha value is -2.78. The molecule has 0 radical (unpaired) electrons. The van der Waals surface area contributed by atoms with E-state index in [1.165, 1.54) is 25.5 Å². The van der Waals surface area contributed by atoms with Gasteiger partial charge in [-0.15, -0.1) is 0 Å². The number of aromatic nitrogens is 3. The van der Waals surface area contributed by atoms with E-state index in [1.807, 2.05) is 0 Å². The van der Waals surface area contributed by atoms with Gasteiger partial charge in [0.25, 0.3) is 5.91 Å². The molecule has 140 valence electrons. The largest absolute Gasteiger partial charge is 0.471 e. The molecule has 1 N–H and O–H groups in total. The Labute approximate surface area is 146 Å². The molecule has 0 aliphatic heterocycles. The van der Waals surface area contributed by atoms with Crippen molar-refractivity contribution in [3.63, 3.8) is 0 Å². The van der Waals surface area contributed by atoms with Gasteiger partial charge in [0.15, 0.2) is 6.61 Å². The van der Waals surface area contributed by atoms with Gasteiger partial charge in [-0.25, -0.2) is 23.7 Å². The number of aryl methyl sites for hydroxylation is 2. The summed E-state index contributed by atoms with van der Waals surface area (Å²) < 4.78 is 54.7. The normalized spacial score (nSPS) is 11.5. The standard InChI is InChI=1S/C16H16F4N4O2/c1-9-3-11(5-21-13(25)12-4-10(2)23-8-24-12)6-22-14(9)26-7-16(19,20)15(17)18/h3-4,6,8,15H,5,7H2,1-2H3,(H,21,25). The molecule has 6 nitrogen and oxygen atoms in total. The van der Waals surface area contributed by atoms with Gasteiger partial charge in [0.05, 0.1) is 0 Å². The summed E-state index contributed by atoms with van der Waals surface area (Å²) in [6, 6.07) is 3.08. The zero-order chi connectivity index (χ0) is 19.3. The summed E-state index contributed by atoms with van der Waals surface area (Å²) in [5, 5.41) is 2.63. The van der Waals surface area contributed by atoms with Crippen LogP contribution in [-0.2, 0) is 6.54 Å². The molecule has 1 amide bonds. The Morgan fingerprint density at radius 1 is 1.23 bits per heavy atom. The molecule has 0 aromatic carbocycles. The van der Waals surface area contributed by atoms with Gasteiger partial charge in [0, 0.05) is 24.0 Å². The molecule has 0 bridgehead atoms. The first-order valence-corrected chi connectivity index (χ1v) is 7.50. The van der Waals surface area contributed by atoms with E-state index in [4.69, 9.17) is 0 Å². The third-order valence-electron chi connectivity index (χ3n) is 3.30. The van der Waals surface area contributed by atoms with Gasteiger partial charge in [-0.3, -0.25) is 4.79 Å². The van der Waals surface area contributed by atoms with Crippen LogP contribution in [0.5, 0.6) is 5.88 Å². The van der Waals surface area contributed by atoms with E-state index in [-0.39, 0.29) is 18.1 Å². The second kappa shape index (κ2) is 8.07. The van der Waals surface area contributed by atoms with Gasteiger partial charge in [-0.05, 0) is 31.5 Å². The number of hydrogen-bond donors (Lipinski definition) is 1. The van der Waals surface area contributed by atoms with Gasteiger partial charge in [-0.1, -0.05) is 0 Å². The van der Waals surface area contributed by atoms with Gasteiger partial charge < -0.3 is 10.1 Å². The lowest BCUT2D eigenvalue weighted by molar-refractivity contribution is -0.148. The number of carbonyl (C=O) groups is 1. The molecule has 10 heteroatoms. The van der Waals surface area contributed by atoms with Crippen LogP contribution < -0.4 is 10.1 Å². The van der Waals surface area contributed by atoms with Gasteiger partial charge >= 0.3 is 12.3 Å². The Bertz CT molecular complexity index is 787. The van der Waals surface area contributed by atoms with Crippen LogP contribution in [0, 0.1) is 13.8 Å². The highest BCUT2D eigenvalue weighted by Gasteiger charge is 2.41. The Morgan fingerprint density at radius 2 is 1.96 bits per heavy atom. The average molecular weight is 372 g/mol. The maximum atomic E-state index is 12.9. The molecule has 2 rings (SSSR count). The van der Waals surface area contributed by atoms with Crippen LogP contribution in [-0.4, -0.2) is 39.8 Å². The van der Waals surface area contributed by atoms with Gasteiger partial charge in [0.2, 0.25) is 5.88 Å². The first-order chi connectivity index (χ1) is 12.2. The van der Waals surface area contributed by atoms with Crippen LogP contribution in [0.15, 0.2) is 24.7 Å². The molecular formula is C16H16F4N4O2. The van der Waals surface area contributed by atoms with Crippen molar-refractivity contribution in [1.82, 2.24) is 20.3 Å². The number of alkyl halides is 4. The van der Waals surface area contributed by atoms with Crippen LogP contribution in [0.1, 0.15) is 27.3 Å². The third kappa shape index (κ3) is 5.11. The summed E-state index contributed by atoms with van der Waals surface area (Å²) >= 11 is 0. The molecule has 2 heterocycles. The van der Waals surface area contributed by atoms with Crippen LogP contribution in [0.2, 0.25) is 0 Å². The first kappa shape index (κ1) is 19.5. The van der Waals surface area contributed by atoms with Crippen molar-refractivity contribution in [3.8, 4) is 5.88 Å². The lowest BCUT2D eigenvalue weighted by atomic mass is 10.2. The summed E-state index contributed by atoms with van der Waals surface area (Å²) in [6.45, 7) is 1.90. The molecular weight excluding hydrogens is 356 g/mol. The summed E-state index contributed by atoms with van der Waals surface area (Å²) in [7, 11) is 0. The van der Waals surface area contributed by atoms with E-state index >= 15 is 0 Å². The zero-order valence-corrected chi connectivity index (χ0v) is 14.0. The molecule has 0 spiro atoms. The number of nitrogens with one attached hydrogen (secondary N) is 1. The lowest BCUT2D eigenvalue weighted by Crippen LogP contribution is -2.34. The maximum absolute atomic E-state index is 12.9. The molecule has 0 saturated heterocycles. The minimum atomic E-state index is -4.25. The summed E-state index contributed by atoms with van der Waals surface area (Å²) in [6.07, 6.45) is -1.24. The van der Waals surface area contributed by atoms with Crippen LogP contribution in [0.25, 0.3) is 0 Å². The third-order valence-corrected chi connectivity index (χ3v) is 3.30. The Morgan fingerprint density at radius 3 is 2.58 bits per heavy atom. The van der Waals surface area contributed by atoms with Gasteiger partial charge in [-0.2, -0.15) is 8.78 Å². The average Bonchev–Trinajstić information content (AvgIpc) is 2.58. The van der Waals surface area contributed by atoms with Crippen molar-refractivity contribution < 1.29 is 27.1 Å². The Balaban J connectivity index is 1.96.